The zero-order valence-corrected chi connectivity index (χ0v) is 11.7. The number of anilines is 2. The molecule has 0 aliphatic rings. The topological polar surface area (TPSA) is 15.3 Å². The van der Waals surface area contributed by atoms with Gasteiger partial charge in [0.1, 0.15) is 11.6 Å². The largest absolute Gasteiger partial charge is 0.337 e. The van der Waals surface area contributed by atoms with E-state index in [1.807, 2.05) is 20.0 Å². The summed E-state index contributed by atoms with van der Waals surface area (Å²) in [6, 6.07) is 11.4. The Bertz CT molecular complexity index is 584. The Morgan fingerprint density at radius 2 is 1.70 bits per heavy atom. The second-order valence-corrected chi connectivity index (χ2v) is 4.51. The number of para-hydroxylation sites is 1. The van der Waals surface area contributed by atoms with Gasteiger partial charge in [-0.3, -0.25) is 0 Å². The molecule has 0 aliphatic carbocycles. The average Bonchev–Trinajstić information content (AvgIpc) is 2.44. The minimum absolute atomic E-state index is 0.345. The van der Waals surface area contributed by atoms with Crippen molar-refractivity contribution in [1.82, 2.24) is 5.32 Å². The van der Waals surface area contributed by atoms with Crippen molar-refractivity contribution in [2.24, 2.45) is 0 Å². The zero-order valence-electron chi connectivity index (χ0n) is 11.7. The van der Waals surface area contributed by atoms with E-state index < -0.39 is 0 Å². The van der Waals surface area contributed by atoms with Gasteiger partial charge in [-0.25, -0.2) is 8.78 Å². The molecular formula is C16H18F2N2. The lowest BCUT2D eigenvalue weighted by molar-refractivity contribution is 0.612. The summed E-state index contributed by atoms with van der Waals surface area (Å²) in [6.07, 6.45) is 0. The van der Waals surface area contributed by atoms with Crippen molar-refractivity contribution < 1.29 is 8.78 Å². The lowest BCUT2D eigenvalue weighted by Crippen LogP contribution is -2.19. The molecule has 0 spiro atoms. The molecule has 2 nitrogen and oxygen atoms in total. The van der Waals surface area contributed by atoms with Crippen LogP contribution in [-0.2, 0) is 6.54 Å². The van der Waals surface area contributed by atoms with Gasteiger partial charge in [0.2, 0.25) is 0 Å². The van der Waals surface area contributed by atoms with Crippen molar-refractivity contribution in [1.29, 1.82) is 0 Å². The maximum Gasteiger partial charge on any atom is 0.147 e. The number of hydrogen-bond donors (Lipinski definition) is 1. The van der Waals surface area contributed by atoms with Crippen LogP contribution in [0.25, 0.3) is 0 Å². The molecule has 0 saturated heterocycles. The number of nitrogens with zero attached hydrogens (tertiary/aromatic N) is 1. The predicted octanol–water partition coefficient (Wildman–Crippen LogP) is 3.84. The van der Waals surface area contributed by atoms with E-state index in [2.05, 4.69) is 5.32 Å². The highest BCUT2D eigenvalue weighted by molar-refractivity contribution is 5.64. The van der Waals surface area contributed by atoms with Crippen molar-refractivity contribution >= 4 is 11.4 Å². The van der Waals surface area contributed by atoms with Gasteiger partial charge >= 0.3 is 0 Å². The molecule has 0 aliphatic heterocycles. The molecule has 0 bridgehead atoms. The number of benzene rings is 2. The van der Waals surface area contributed by atoms with Gasteiger partial charge in [0.15, 0.2) is 0 Å². The molecule has 2 rings (SSSR count). The standard InChI is InChI=1S/C16H18F2N2/c1-3-20(15-7-5-4-6-13(15)17)16-9-8-12(11-19-2)10-14(16)18/h4-10,19H,3,11H2,1-2H3. The van der Waals surface area contributed by atoms with E-state index in [9.17, 15) is 8.78 Å². The molecule has 2 aromatic rings. The van der Waals surface area contributed by atoms with Crippen LogP contribution >= 0.6 is 0 Å². The SMILES string of the molecule is CCN(c1ccccc1F)c1ccc(CNC)cc1F. The van der Waals surface area contributed by atoms with E-state index in [0.29, 0.717) is 24.5 Å². The lowest BCUT2D eigenvalue weighted by Gasteiger charge is -2.24. The minimum atomic E-state index is -0.354. The third kappa shape index (κ3) is 2.96. The monoisotopic (exact) mass is 276 g/mol. The van der Waals surface area contributed by atoms with Gasteiger partial charge < -0.3 is 10.2 Å². The molecule has 106 valence electrons. The van der Waals surface area contributed by atoms with E-state index in [4.69, 9.17) is 0 Å². The quantitative estimate of drug-likeness (QED) is 0.892. The van der Waals surface area contributed by atoms with Crippen LogP contribution in [0.2, 0.25) is 0 Å². The smallest absolute Gasteiger partial charge is 0.147 e. The third-order valence-corrected chi connectivity index (χ3v) is 3.14. The van der Waals surface area contributed by atoms with Crippen molar-refractivity contribution in [2.75, 3.05) is 18.5 Å². The molecule has 0 unspecified atom stereocenters. The number of halogens is 2. The summed E-state index contributed by atoms with van der Waals surface area (Å²) >= 11 is 0. The Hall–Kier alpha value is -1.94. The van der Waals surface area contributed by atoms with Crippen molar-refractivity contribution in [3.63, 3.8) is 0 Å². The fourth-order valence-electron chi connectivity index (χ4n) is 2.22. The Balaban J connectivity index is 2.40. The van der Waals surface area contributed by atoms with Crippen LogP contribution in [0.1, 0.15) is 12.5 Å². The zero-order chi connectivity index (χ0) is 14.5. The summed E-state index contributed by atoms with van der Waals surface area (Å²) in [5.41, 5.74) is 1.63. The Labute approximate surface area is 118 Å². The normalized spacial score (nSPS) is 10.6. The van der Waals surface area contributed by atoms with E-state index in [1.165, 1.54) is 12.1 Å². The lowest BCUT2D eigenvalue weighted by atomic mass is 10.1. The molecular weight excluding hydrogens is 258 g/mol. The molecule has 0 heterocycles. The van der Waals surface area contributed by atoms with Crippen LogP contribution in [0.3, 0.4) is 0 Å². The Kier molecular flexibility index (Phi) is 4.69. The van der Waals surface area contributed by atoms with Crippen LogP contribution in [0, 0.1) is 11.6 Å². The second kappa shape index (κ2) is 6.48. The van der Waals surface area contributed by atoms with Gasteiger partial charge in [-0.15, -0.1) is 0 Å². The molecule has 0 aromatic heterocycles. The molecule has 0 saturated carbocycles. The second-order valence-electron chi connectivity index (χ2n) is 4.51. The van der Waals surface area contributed by atoms with Gasteiger partial charge in [-0.1, -0.05) is 18.2 Å². The molecule has 20 heavy (non-hydrogen) atoms. The van der Waals surface area contributed by atoms with Gasteiger partial charge in [0, 0.05) is 13.1 Å². The van der Waals surface area contributed by atoms with E-state index in [1.54, 1.807) is 29.2 Å². The Morgan fingerprint density at radius 3 is 2.30 bits per heavy atom. The first-order valence-corrected chi connectivity index (χ1v) is 6.62. The summed E-state index contributed by atoms with van der Waals surface area (Å²) in [7, 11) is 1.81. The first kappa shape index (κ1) is 14.5. The van der Waals surface area contributed by atoms with Crippen molar-refractivity contribution in [3.05, 3.63) is 59.7 Å². The van der Waals surface area contributed by atoms with Crippen LogP contribution in [0.4, 0.5) is 20.2 Å². The predicted molar refractivity (Wildman–Crippen MR) is 78.2 cm³/mol. The summed E-state index contributed by atoms with van der Waals surface area (Å²) in [6.45, 7) is 2.96. The van der Waals surface area contributed by atoms with Gasteiger partial charge in [-0.2, -0.15) is 0 Å². The number of hydrogen-bond acceptors (Lipinski definition) is 2. The molecule has 4 heteroatoms. The van der Waals surface area contributed by atoms with Crippen LogP contribution < -0.4 is 10.2 Å². The fraction of sp³-hybridized carbons (Fsp3) is 0.250. The van der Waals surface area contributed by atoms with Gasteiger partial charge in [0.25, 0.3) is 0 Å². The average molecular weight is 276 g/mol. The minimum Gasteiger partial charge on any atom is -0.337 e. The first-order chi connectivity index (χ1) is 9.67. The summed E-state index contributed by atoms with van der Waals surface area (Å²) < 4.78 is 28.1. The summed E-state index contributed by atoms with van der Waals surface area (Å²) in [5, 5.41) is 2.97. The van der Waals surface area contributed by atoms with Crippen LogP contribution in [-0.4, -0.2) is 13.6 Å². The summed E-state index contributed by atoms with van der Waals surface area (Å²) in [5.74, 6) is -0.698. The number of nitrogens with one attached hydrogen (secondary N) is 1. The van der Waals surface area contributed by atoms with Crippen molar-refractivity contribution in [2.45, 2.75) is 13.5 Å². The van der Waals surface area contributed by atoms with Crippen LogP contribution in [0.15, 0.2) is 42.5 Å². The van der Waals surface area contributed by atoms with E-state index in [-0.39, 0.29) is 11.6 Å². The van der Waals surface area contributed by atoms with Crippen molar-refractivity contribution in [3.8, 4) is 0 Å². The van der Waals surface area contributed by atoms with Crippen LogP contribution in [0.5, 0.6) is 0 Å². The van der Waals surface area contributed by atoms with E-state index >= 15 is 0 Å². The van der Waals surface area contributed by atoms with Gasteiger partial charge in [0.05, 0.1) is 11.4 Å². The molecule has 0 atom stereocenters. The third-order valence-electron chi connectivity index (χ3n) is 3.14. The highest BCUT2D eigenvalue weighted by Crippen LogP contribution is 2.30. The maximum absolute atomic E-state index is 14.2. The molecule has 1 N–H and O–H groups in total. The molecule has 2 aromatic carbocycles. The van der Waals surface area contributed by atoms with Gasteiger partial charge in [-0.05, 0) is 43.8 Å². The maximum atomic E-state index is 14.2. The highest BCUT2D eigenvalue weighted by Gasteiger charge is 2.15. The Morgan fingerprint density at radius 1 is 1.00 bits per heavy atom. The van der Waals surface area contributed by atoms with E-state index in [0.717, 1.165) is 5.56 Å². The molecule has 0 radical (unpaired) electrons. The fourth-order valence-corrected chi connectivity index (χ4v) is 2.22. The molecule has 0 fully saturated rings. The number of rotatable bonds is 5. The molecule has 0 amide bonds. The summed E-state index contributed by atoms with van der Waals surface area (Å²) in [4.78, 5) is 1.63. The first-order valence-electron chi connectivity index (χ1n) is 6.62. The highest BCUT2D eigenvalue weighted by atomic mass is 19.1.